The molecule has 7 aromatic rings. The van der Waals surface area contributed by atoms with Crippen LogP contribution in [0.4, 0.5) is 17.1 Å². The van der Waals surface area contributed by atoms with Crippen LogP contribution in [-0.2, 0) is 5.41 Å². The summed E-state index contributed by atoms with van der Waals surface area (Å²) < 4.78 is 6.35. The standard InChI is InChI=1S/C39H29NO/c1-39(2)31-16-8-6-14-29(31)37-32(39)17-10-18-33(37)40(28-24-22-27(23-25-28)26-12-4-3-5-13-26)34-19-11-21-36-38(34)30-15-7-9-20-35(30)41-36/h3-25H,1-2H3. The number of hydrogen-bond acceptors (Lipinski definition) is 2. The first-order valence-electron chi connectivity index (χ1n) is 14.2. The fourth-order valence-corrected chi connectivity index (χ4v) is 6.71. The van der Waals surface area contributed by atoms with Crippen LogP contribution in [0, 0.1) is 0 Å². The molecule has 1 aliphatic rings. The summed E-state index contributed by atoms with van der Waals surface area (Å²) in [5.41, 5.74) is 12.8. The van der Waals surface area contributed by atoms with Gasteiger partial charge in [-0.3, -0.25) is 0 Å². The summed E-state index contributed by atoms with van der Waals surface area (Å²) >= 11 is 0. The van der Waals surface area contributed by atoms with Crippen LogP contribution in [-0.4, -0.2) is 0 Å². The molecule has 0 radical (unpaired) electrons. The van der Waals surface area contributed by atoms with Crippen molar-refractivity contribution in [2.75, 3.05) is 4.90 Å². The van der Waals surface area contributed by atoms with Gasteiger partial charge < -0.3 is 9.32 Å². The van der Waals surface area contributed by atoms with E-state index in [9.17, 15) is 0 Å². The van der Waals surface area contributed by atoms with Crippen molar-refractivity contribution in [3.05, 3.63) is 151 Å². The summed E-state index contributed by atoms with van der Waals surface area (Å²) in [7, 11) is 0. The first-order valence-corrected chi connectivity index (χ1v) is 14.2. The zero-order valence-electron chi connectivity index (χ0n) is 23.1. The van der Waals surface area contributed by atoms with Crippen molar-refractivity contribution < 1.29 is 4.42 Å². The van der Waals surface area contributed by atoms with Gasteiger partial charge >= 0.3 is 0 Å². The predicted molar refractivity (Wildman–Crippen MR) is 171 cm³/mol. The number of hydrogen-bond donors (Lipinski definition) is 0. The van der Waals surface area contributed by atoms with Gasteiger partial charge in [-0.25, -0.2) is 0 Å². The molecule has 0 saturated carbocycles. The lowest BCUT2D eigenvalue weighted by Crippen LogP contribution is -2.16. The number of nitrogens with zero attached hydrogens (tertiary/aromatic N) is 1. The van der Waals surface area contributed by atoms with E-state index in [0.717, 1.165) is 33.3 Å². The molecule has 1 aromatic heterocycles. The molecular weight excluding hydrogens is 498 g/mol. The van der Waals surface area contributed by atoms with Crippen molar-refractivity contribution in [2.45, 2.75) is 19.3 Å². The van der Waals surface area contributed by atoms with Crippen molar-refractivity contribution >= 4 is 39.0 Å². The second kappa shape index (κ2) is 8.97. The number of para-hydroxylation sites is 1. The minimum Gasteiger partial charge on any atom is -0.456 e. The van der Waals surface area contributed by atoms with Gasteiger partial charge in [0.2, 0.25) is 0 Å². The zero-order chi connectivity index (χ0) is 27.6. The van der Waals surface area contributed by atoms with Gasteiger partial charge in [0.05, 0.1) is 16.8 Å². The van der Waals surface area contributed by atoms with Gasteiger partial charge in [-0.15, -0.1) is 0 Å². The minimum atomic E-state index is -0.0842. The lowest BCUT2D eigenvalue weighted by molar-refractivity contribution is 0.660. The van der Waals surface area contributed by atoms with E-state index in [1.807, 2.05) is 6.07 Å². The van der Waals surface area contributed by atoms with Crippen LogP contribution in [0.15, 0.2) is 144 Å². The van der Waals surface area contributed by atoms with Gasteiger partial charge in [-0.2, -0.15) is 0 Å². The lowest BCUT2D eigenvalue weighted by atomic mass is 9.82. The van der Waals surface area contributed by atoms with E-state index in [0.29, 0.717) is 0 Å². The molecule has 0 spiro atoms. The van der Waals surface area contributed by atoms with Crippen LogP contribution in [0.1, 0.15) is 25.0 Å². The van der Waals surface area contributed by atoms with E-state index >= 15 is 0 Å². The molecule has 0 N–H and O–H groups in total. The number of rotatable bonds is 4. The third-order valence-electron chi connectivity index (χ3n) is 8.68. The van der Waals surface area contributed by atoms with E-state index in [-0.39, 0.29) is 5.41 Å². The molecule has 0 bridgehead atoms. The maximum atomic E-state index is 6.35. The maximum Gasteiger partial charge on any atom is 0.137 e. The highest BCUT2D eigenvalue weighted by molar-refractivity contribution is 6.14. The molecule has 1 aliphatic carbocycles. The van der Waals surface area contributed by atoms with Crippen molar-refractivity contribution in [2.24, 2.45) is 0 Å². The second-order valence-electron chi connectivity index (χ2n) is 11.4. The third-order valence-corrected chi connectivity index (χ3v) is 8.68. The Labute approximate surface area is 240 Å². The fourth-order valence-electron chi connectivity index (χ4n) is 6.71. The average Bonchev–Trinajstić information content (AvgIpc) is 3.52. The van der Waals surface area contributed by atoms with Crippen LogP contribution in [0.25, 0.3) is 44.2 Å². The molecule has 6 aromatic carbocycles. The number of benzene rings is 6. The largest absolute Gasteiger partial charge is 0.456 e. The van der Waals surface area contributed by atoms with E-state index < -0.39 is 0 Å². The Kier molecular flexibility index (Phi) is 5.20. The smallest absolute Gasteiger partial charge is 0.137 e. The van der Waals surface area contributed by atoms with Crippen LogP contribution in [0.2, 0.25) is 0 Å². The maximum absolute atomic E-state index is 6.35. The SMILES string of the molecule is CC1(C)c2ccccc2-c2c(N(c3ccc(-c4ccccc4)cc3)c3cccc4oc5ccccc5c34)cccc21. The van der Waals surface area contributed by atoms with E-state index in [4.69, 9.17) is 4.42 Å². The van der Waals surface area contributed by atoms with E-state index in [2.05, 4.69) is 152 Å². The normalized spacial score (nSPS) is 13.3. The number of anilines is 3. The lowest BCUT2D eigenvalue weighted by Gasteiger charge is -2.29. The van der Waals surface area contributed by atoms with Gasteiger partial charge in [0, 0.05) is 22.1 Å². The number of furan rings is 1. The van der Waals surface area contributed by atoms with Gasteiger partial charge in [0.15, 0.2) is 0 Å². The van der Waals surface area contributed by atoms with E-state index in [1.54, 1.807) is 0 Å². The Bertz CT molecular complexity index is 2070. The van der Waals surface area contributed by atoms with Gasteiger partial charge in [-0.1, -0.05) is 117 Å². The van der Waals surface area contributed by atoms with Crippen LogP contribution in [0.3, 0.4) is 0 Å². The summed E-state index contributed by atoms with van der Waals surface area (Å²) in [5, 5.41) is 2.25. The van der Waals surface area contributed by atoms with Gasteiger partial charge in [-0.05, 0) is 64.2 Å². The van der Waals surface area contributed by atoms with E-state index in [1.165, 1.54) is 39.1 Å². The molecule has 41 heavy (non-hydrogen) atoms. The van der Waals surface area contributed by atoms with Crippen molar-refractivity contribution in [1.29, 1.82) is 0 Å². The molecule has 8 rings (SSSR count). The highest BCUT2D eigenvalue weighted by Crippen LogP contribution is 2.55. The Balaban J connectivity index is 1.42. The second-order valence-corrected chi connectivity index (χ2v) is 11.4. The molecule has 2 heteroatoms. The molecule has 0 atom stereocenters. The third kappa shape index (κ3) is 3.57. The Hall–Kier alpha value is -5.08. The highest BCUT2D eigenvalue weighted by Gasteiger charge is 2.37. The summed E-state index contributed by atoms with van der Waals surface area (Å²) in [6, 6.07) is 49.9. The molecule has 0 aliphatic heterocycles. The quantitative estimate of drug-likeness (QED) is 0.226. The molecule has 196 valence electrons. The fraction of sp³-hybridized carbons (Fsp3) is 0.0769. The van der Waals surface area contributed by atoms with Gasteiger partial charge in [0.25, 0.3) is 0 Å². The monoisotopic (exact) mass is 527 g/mol. The summed E-state index contributed by atoms with van der Waals surface area (Å²) in [4.78, 5) is 2.43. The number of fused-ring (bicyclic) bond motifs is 6. The first kappa shape index (κ1) is 23.8. The molecule has 2 nitrogen and oxygen atoms in total. The van der Waals surface area contributed by atoms with Crippen molar-refractivity contribution in [3.63, 3.8) is 0 Å². The first-order chi connectivity index (χ1) is 20.1. The summed E-state index contributed by atoms with van der Waals surface area (Å²) in [6.45, 7) is 4.68. The van der Waals surface area contributed by atoms with Crippen molar-refractivity contribution in [1.82, 2.24) is 0 Å². The zero-order valence-corrected chi connectivity index (χ0v) is 23.1. The molecule has 1 heterocycles. The Morgan fingerprint density at radius 3 is 2.00 bits per heavy atom. The minimum absolute atomic E-state index is 0.0842. The average molecular weight is 528 g/mol. The molecular formula is C39H29NO. The molecule has 0 unspecified atom stereocenters. The molecule has 0 amide bonds. The van der Waals surface area contributed by atoms with Crippen LogP contribution < -0.4 is 4.90 Å². The molecule has 0 fully saturated rings. The Morgan fingerprint density at radius 2 is 1.15 bits per heavy atom. The topological polar surface area (TPSA) is 16.4 Å². The summed E-state index contributed by atoms with van der Waals surface area (Å²) in [6.07, 6.45) is 0. The molecule has 0 saturated heterocycles. The van der Waals surface area contributed by atoms with Crippen LogP contribution >= 0.6 is 0 Å². The van der Waals surface area contributed by atoms with Crippen LogP contribution in [0.5, 0.6) is 0 Å². The highest BCUT2D eigenvalue weighted by atomic mass is 16.3. The predicted octanol–water partition coefficient (Wildman–Crippen LogP) is 11.0. The summed E-state index contributed by atoms with van der Waals surface area (Å²) in [5.74, 6) is 0. The Morgan fingerprint density at radius 1 is 0.512 bits per heavy atom. The van der Waals surface area contributed by atoms with Gasteiger partial charge in [0.1, 0.15) is 11.2 Å². The van der Waals surface area contributed by atoms with Crippen molar-refractivity contribution in [3.8, 4) is 22.3 Å².